The molecule has 3 amide bonds. The molecule has 0 aliphatic heterocycles. The molecule has 3 rings (SSSR count). The topological polar surface area (TPSA) is 90.5 Å². The molecule has 7 nitrogen and oxygen atoms in total. The Balaban J connectivity index is 1.59. The minimum atomic E-state index is -0.252. The van der Waals surface area contributed by atoms with Crippen LogP contribution in [0.2, 0.25) is 0 Å². The van der Waals surface area contributed by atoms with E-state index in [1.165, 1.54) is 6.92 Å². The van der Waals surface area contributed by atoms with Crippen LogP contribution >= 0.6 is 0 Å². The van der Waals surface area contributed by atoms with Gasteiger partial charge in [-0.3, -0.25) is 14.4 Å². The number of para-hydroxylation sites is 1. The average molecular weight is 416 g/mol. The maximum absolute atomic E-state index is 12.8. The number of nitrogens with zero attached hydrogens (tertiary/aromatic N) is 1. The zero-order chi connectivity index (χ0) is 22.2. The second kappa shape index (κ2) is 10.1. The van der Waals surface area contributed by atoms with Crippen molar-refractivity contribution in [1.82, 2.24) is 0 Å². The summed E-state index contributed by atoms with van der Waals surface area (Å²) in [7, 11) is 1.72. The van der Waals surface area contributed by atoms with Crippen LogP contribution in [0.4, 0.5) is 22.7 Å². The van der Waals surface area contributed by atoms with Gasteiger partial charge < -0.3 is 20.9 Å². The zero-order valence-corrected chi connectivity index (χ0v) is 17.4. The molecule has 0 aromatic heterocycles. The van der Waals surface area contributed by atoms with Gasteiger partial charge in [0.1, 0.15) is 0 Å². The largest absolute Gasteiger partial charge is 0.376 e. The number of carbonyl (C=O) groups excluding carboxylic acids is 3. The third-order valence-electron chi connectivity index (χ3n) is 4.48. The minimum Gasteiger partial charge on any atom is -0.376 e. The van der Waals surface area contributed by atoms with Crippen LogP contribution in [-0.2, 0) is 9.59 Å². The van der Waals surface area contributed by atoms with E-state index in [9.17, 15) is 14.4 Å². The molecular weight excluding hydrogens is 392 g/mol. The lowest BCUT2D eigenvalue weighted by Crippen LogP contribution is -2.26. The van der Waals surface area contributed by atoms with Crippen LogP contribution in [0, 0.1) is 0 Å². The highest BCUT2D eigenvalue weighted by Crippen LogP contribution is 2.18. The fraction of sp³-hybridized carbons (Fsp3) is 0.125. The molecule has 0 unspecified atom stereocenters. The lowest BCUT2D eigenvalue weighted by molar-refractivity contribution is -0.115. The second-order valence-corrected chi connectivity index (χ2v) is 6.94. The number of nitrogens with one attached hydrogen (secondary N) is 3. The van der Waals surface area contributed by atoms with Crippen LogP contribution in [0.3, 0.4) is 0 Å². The van der Waals surface area contributed by atoms with Crippen molar-refractivity contribution < 1.29 is 14.4 Å². The van der Waals surface area contributed by atoms with Gasteiger partial charge in [-0.2, -0.15) is 0 Å². The monoisotopic (exact) mass is 416 g/mol. The molecule has 31 heavy (non-hydrogen) atoms. The first-order chi connectivity index (χ1) is 14.9. The average Bonchev–Trinajstić information content (AvgIpc) is 2.77. The van der Waals surface area contributed by atoms with Crippen molar-refractivity contribution in [2.24, 2.45) is 0 Å². The van der Waals surface area contributed by atoms with Crippen LogP contribution in [0.15, 0.2) is 78.9 Å². The van der Waals surface area contributed by atoms with Crippen LogP contribution in [-0.4, -0.2) is 31.3 Å². The number of hydrogen-bond donors (Lipinski definition) is 3. The zero-order valence-electron chi connectivity index (χ0n) is 17.4. The van der Waals surface area contributed by atoms with Crippen molar-refractivity contribution in [3.8, 4) is 0 Å². The van der Waals surface area contributed by atoms with Crippen LogP contribution in [0.25, 0.3) is 0 Å². The van der Waals surface area contributed by atoms with E-state index in [4.69, 9.17) is 0 Å². The molecule has 3 N–H and O–H groups in total. The third kappa shape index (κ3) is 6.17. The highest BCUT2D eigenvalue weighted by atomic mass is 16.2. The first-order valence-corrected chi connectivity index (χ1v) is 9.77. The van der Waals surface area contributed by atoms with Crippen molar-refractivity contribution >= 4 is 40.5 Å². The van der Waals surface area contributed by atoms with Crippen molar-refractivity contribution in [2.45, 2.75) is 6.92 Å². The highest BCUT2D eigenvalue weighted by Gasteiger charge is 2.14. The molecule has 0 saturated carbocycles. The summed E-state index contributed by atoms with van der Waals surface area (Å²) in [5.74, 6) is -0.579. The molecule has 0 atom stereocenters. The Morgan fingerprint density at radius 2 is 1.42 bits per heavy atom. The number of anilines is 4. The Hall–Kier alpha value is -4.13. The van der Waals surface area contributed by atoms with Gasteiger partial charge in [-0.25, -0.2) is 0 Å². The van der Waals surface area contributed by atoms with E-state index in [0.29, 0.717) is 22.6 Å². The Morgan fingerprint density at radius 1 is 0.774 bits per heavy atom. The van der Waals surface area contributed by atoms with E-state index in [1.54, 1.807) is 60.5 Å². The van der Waals surface area contributed by atoms with Crippen molar-refractivity contribution in [3.63, 3.8) is 0 Å². The Bertz CT molecular complexity index is 1080. The third-order valence-corrected chi connectivity index (χ3v) is 4.48. The molecule has 0 radical (unpaired) electrons. The molecular formula is C24H24N4O3. The summed E-state index contributed by atoms with van der Waals surface area (Å²) < 4.78 is 0. The first kappa shape index (κ1) is 21.6. The van der Waals surface area contributed by atoms with Gasteiger partial charge in [0, 0.05) is 42.3 Å². The van der Waals surface area contributed by atoms with Crippen molar-refractivity contribution in [1.29, 1.82) is 0 Å². The SMILES string of the molecule is CC(=O)Nc1cccc(NC(=O)CNc2cccc(C(=O)N(C)c3ccccc3)c2)c1. The second-order valence-electron chi connectivity index (χ2n) is 6.94. The fourth-order valence-corrected chi connectivity index (χ4v) is 2.99. The van der Waals surface area contributed by atoms with E-state index in [2.05, 4.69) is 16.0 Å². The van der Waals surface area contributed by atoms with Gasteiger partial charge in [0.25, 0.3) is 5.91 Å². The minimum absolute atomic E-state index is 0.0243. The predicted octanol–water partition coefficient (Wildman–Crippen LogP) is 3.97. The lowest BCUT2D eigenvalue weighted by atomic mass is 10.1. The van der Waals surface area contributed by atoms with Crippen LogP contribution in [0.1, 0.15) is 17.3 Å². The molecule has 0 saturated heterocycles. The molecule has 0 heterocycles. The number of rotatable bonds is 7. The Kier molecular flexibility index (Phi) is 7.01. The van der Waals surface area contributed by atoms with Gasteiger partial charge in [0.2, 0.25) is 11.8 Å². The van der Waals surface area contributed by atoms with Gasteiger partial charge in [-0.05, 0) is 48.5 Å². The molecule has 0 fully saturated rings. The summed E-state index contributed by atoms with van der Waals surface area (Å²) in [4.78, 5) is 37.8. The number of benzene rings is 3. The van der Waals surface area contributed by atoms with Crippen LogP contribution in [0.5, 0.6) is 0 Å². The molecule has 0 bridgehead atoms. The quantitative estimate of drug-likeness (QED) is 0.544. The van der Waals surface area contributed by atoms with Crippen molar-refractivity contribution in [3.05, 3.63) is 84.4 Å². The predicted molar refractivity (Wildman–Crippen MR) is 123 cm³/mol. The summed E-state index contributed by atoms with van der Waals surface area (Å²) in [5.41, 5.74) is 3.15. The summed E-state index contributed by atoms with van der Waals surface area (Å²) >= 11 is 0. The number of carbonyl (C=O) groups is 3. The van der Waals surface area contributed by atoms with E-state index >= 15 is 0 Å². The summed E-state index contributed by atoms with van der Waals surface area (Å²) in [6.07, 6.45) is 0. The smallest absolute Gasteiger partial charge is 0.258 e. The van der Waals surface area contributed by atoms with Gasteiger partial charge >= 0.3 is 0 Å². The molecule has 3 aromatic carbocycles. The van der Waals surface area contributed by atoms with Gasteiger partial charge in [0.05, 0.1) is 6.54 Å². The molecule has 0 aliphatic rings. The van der Waals surface area contributed by atoms with Crippen LogP contribution < -0.4 is 20.9 Å². The summed E-state index contributed by atoms with van der Waals surface area (Å²) in [5, 5.41) is 8.48. The Labute approximate surface area is 181 Å². The molecule has 0 spiro atoms. The molecule has 3 aromatic rings. The maximum atomic E-state index is 12.8. The van der Waals surface area contributed by atoms with Crippen molar-refractivity contribution in [2.75, 3.05) is 34.4 Å². The van der Waals surface area contributed by atoms with Gasteiger partial charge in [0.15, 0.2) is 0 Å². The summed E-state index contributed by atoms with van der Waals surface area (Å²) in [6.45, 7) is 1.45. The number of amides is 3. The molecule has 7 heteroatoms. The lowest BCUT2D eigenvalue weighted by Gasteiger charge is -2.18. The van der Waals surface area contributed by atoms with E-state index in [-0.39, 0.29) is 24.3 Å². The molecule has 158 valence electrons. The fourth-order valence-electron chi connectivity index (χ4n) is 2.99. The molecule has 0 aliphatic carbocycles. The van der Waals surface area contributed by atoms with E-state index in [0.717, 1.165) is 5.69 Å². The van der Waals surface area contributed by atoms with Gasteiger partial charge in [-0.15, -0.1) is 0 Å². The normalized spacial score (nSPS) is 10.1. The maximum Gasteiger partial charge on any atom is 0.258 e. The van der Waals surface area contributed by atoms with E-state index < -0.39 is 0 Å². The highest BCUT2D eigenvalue weighted by molar-refractivity contribution is 6.06. The van der Waals surface area contributed by atoms with Gasteiger partial charge in [-0.1, -0.05) is 30.3 Å². The standard InChI is InChI=1S/C24H24N4O3/c1-17(29)26-20-10-7-11-21(15-20)27-23(30)16-25-19-9-6-8-18(14-19)24(31)28(2)22-12-4-3-5-13-22/h3-15,25H,16H2,1-2H3,(H,26,29)(H,27,30). The number of hydrogen-bond acceptors (Lipinski definition) is 4. The Morgan fingerprint density at radius 3 is 2.13 bits per heavy atom. The first-order valence-electron chi connectivity index (χ1n) is 9.77. The summed E-state index contributed by atoms with van der Waals surface area (Å²) in [6, 6.07) is 23.3. The van der Waals surface area contributed by atoms with E-state index in [1.807, 2.05) is 30.3 Å².